The minimum Gasteiger partial charge on any atom is -0.391 e. The van der Waals surface area contributed by atoms with Crippen molar-refractivity contribution in [2.24, 2.45) is 11.8 Å². The summed E-state index contributed by atoms with van der Waals surface area (Å²) in [6, 6.07) is 3.70. The third-order valence-corrected chi connectivity index (χ3v) is 5.38. The first-order valence-corrected chi connectivity index (χ1v) is 8.48. The summed E-state index contributed by atoms with van der Waals surface area (Å²) in [4.78, 5) is 0. The normalized spacial score (nSPS) is 29.9. The first-order chi connectivity index (χ1) is 10.6. The van der Waals surface area contributed by atoms with E-state index in [-0.39, 0.29) is 6.04 Å². The van der Waals surface area contributed by atoms with E-state index in [9.17, 15) is 13.9 Å². The highest BCUT2D eigenvalue weighted by molar-refractivity contribution is 5.18. The van der Waals surface area contributed by atoms with E-state index >= 15 is 0 Å². The van der Waals surface area contributed by atoms with Gasteiger partial charge < -0.3 is 10.4 Å². The van der Waals surface area contributed by atoms with Gasteiger partial charge in [-0.3, -0.25) is 0 Å². The van der Waals surface area contributed by atoms with E-state index in [1.54, 1.807) is 0 Å². The Labute approximate surface area is 130 Å². The van der Waals surface area contributed by atoms with Gasteiger partial charge in [0, 0.05) is 12.1 Å². The smallest absolute Gasteiger partial charge is 0.126 e. The molecule has 2 nitrogen and oxygen atoms in total. The zero-order chi connectivity index (χ0) is 15.5. The number of aryl methyl sites for hydroxylation is 1. The molecule has 122 valence electrons. The third kappa shape index (κ3) is 3.85. The molecule has 1 heterocycles. The van der Waals surface area contributed by atoms with Gasteiger partial charge in [-0.1, -0.05) is 19.3 Å². The monoisotopic (exact) mass is 309 g/mol. The zero-order valence-electron chi connectivity index (χ0n) is 12.9. The van der Waals surface area contributed by atoms with Crippen LogP contribution in [0.5, 0.6) is 0 Å². The van der Waals surface area contributed by atoms with Gasteiger partial charge in [-0.2, -0.15) is 0 Å². The Morgan fingerprint density at radius 2 is 1.77 bits per heavy atom. The van der Waals surface area contributed by atoms with Crippen molar-refractivity contribution < 1.29 is 13.9 Å². The standard InChI is InChI=1S/C18H25F2NO/c19-15-7-12(8-16(20)10-15)5-6-18(22)17-9-13-3-1-2-4-14(13)11-21-17/h7-8,10,13-14,17-18,21-22H,1-6,9,11H2. The number of aliphatic hydroxyl groups excluding tert-OH is 1. The fraction of sp³-hybridized carbons (Fsp3) is 0.667. The Hall–Kier alpha value is -1.00. The summed E-state index contributed by atoms with van der Waals surface area (Å²) >= 11 is 0. The van der Waals surface area contributed by atoms with E-state index in [2.05, 4.69) is 5.32 Å². The largest absolute Gasteiger partial charge is 0.391 e. The molecule has 2 aliphatic rings. The van der Waals surface area contributed by atoms with Crippen molar-refractivity contribution >= 4 is 0 Å². The molecule has 0 bridgehead atoms. The van der Waals surface area contributed by atoms with Gasteiger partial charge in [-0.25, -0.2) is 8.78 Å². The highest BCUT2D eigenvalue weighted by Gasteiger charge is 2.34. The van der Waals surface area contributed by atoms with Gasteiger partial charge in [0.05, 0.1) is 6.10 Å². The molecule has 1 aliphatic carbocycles. The molecule has 3 rings (SSSR count). The lowest BCUT2D eigenvalue weighted by Crippen LogP contribution is -2.50. The van der Waals surface area contributed by atoms with Crippen LogP contribution in [0.4, 0.5) is 8.78 Å². The van der Waals surface area contributed by atoms with Gasteiger partial charge in [0.2, 0.25) is 0 Å². The molecule has 0 radical (unpaired) electrons. The Bertz CT molecular complexity index is 488. The zero-order valence-corrected chi connectivity index (χ0v) is 12.9. The van der Waals surface area contributed by atoms with Crippen molar-refractivity contribution in [1.29, 1.82) is 0 Å². The van der Waals surface area contributed by atoms with Crippen LogP contribution in [0.25, 0.3) is 0 Å². The highest BCUT2D eigenvalue weighted by Crippen LogP contribution is 2.36. The third-order valence-electron chi connectivity index (χ3n) is 5.38. The SMILES string of the molecule is OC(CCc1cc(F)cc(F)c1)C1CC2CCCCC2CN1. The molecule has 0 aromatic heterocycles. The van der Waals surface area contributed by atoms with Crippen molar-refractivity contribution in [2.45, 2.75) is 57.1 Å². The minimum atomic E-state index is -0.551. The molecule has 2 N–H and O–H groups in total. The number of hydrogen-bond donors (Lipinski definition) is 2. The van der Waals surface area contributed by atoms with Gasteiger partial charge in [0.1, 0.15) is 11.6 Å². The van der Waals surface area contributed by atoms with Gasteiger partial charge >= 0.3 is 0 Å². The van der Waals surface area contributed by atoms with E-state index in [1.807, 2.05) is 0 Å². The number of rotatable bonds is 4. The minimum absolute atomic E-state index is 0.123. The number of piperidine rings is 1. The van der Waals surface area contributed by atoms with Gasteiger partial charge in [0.15, 0.2) is 0 Å². The van der Waals surface area contributed by atoms with Gasteiger partial charge in [-0.15, -0.1) is 0 Å². The molecule has 1 aromatic carbocycles. The van der Waals surface area contributed by atoms with Gasteiger partial charge in [-0.05, 0) is 61.8 Å². The van der Waals surface area contributed by atoms with Crippen molar-refractivity contribution in [3.8, 4) is 0 Å². The molecule has 4 atom stereocenters. The second-order valence-electron chi connectivity index (χ2n) is 6.94. The molecule has 4 unspecified atom stereocenters. The van der Waals surface area contributed by atoms with Crippen LogP contribution in [0.3, 0.4) is 0 Å². The Morgan fingerprint density at radius 3 is 2.50 bits per heavy atom. The fourth-order valence-electron chi connectivity index (χ4n) is 4.14. The second-order valence-corrected chi connectivity index (χ2v) is 6.94. The predicted octanol–water partition coefficient (Wildman–Crippen LogP) is 3.43. The highest BCUT2D eigenvalue weighted by atomic mass is 19.1. The molecule has 1 aromatic rings. The molecule has 0 amide bonds. The van der Waals surface area contributed by atoms with Gasteiger partial charge in [0.25, 0.3) is 0 Å². The van der Waals surface area contributed by atoms with Crippen LogP contribution in [-0.4, -0.2) is 23.8 Å². The number of fused-ring (bicyclic) bond motifs is 1. The van der Waals surface area contributed by atoms with Crippen LogP contribution in [0.15, 0.2) is 18.2 Å². The number of aliphatic hydroxyl groups is 1. The van der Waals surface area contributed by atoms with E-state index < -0.39 is 17.7 Å². The summed E-state index contributed by atoms with van der Waals surface area (Å²) in [5.41, 5.74) is 0.614. The lowest BCUT2D eigenvalue weighted by atomic mass is 9.72. The first kappa shape index (κ1) is 15.9. The molecule has 1 saturated heterocycles. The summed E-state index contributed by atoms with van der Waals surface area (Å²) in [6.07, 6.45) is 6.86. The molecule has 0 spiro atoms. The number of nitrogens with one attached hydrogen (secondary N) is 1. The summed E-state index contributed by atoms with van der Waals surface area (Å²) in [5, 5.41) is 13.9. The lowest BCUT2D eigenvalue weighted by molar-refractivity contribution is 0.0598. The van der Waals surface area contributed by atoms with Crippen LogP contribution in [0.1, 0.15) is 44.1 Å². The second kappa shape index (κ2) is 7.05. The van der Waals surface area contributed by atoms with Crippen molar-refractivity contribution in [3.63, 3.8) is 0 Å². The molecule has 1 aliphatic heterocycles. The Morgan fingerprint density at radius 1 is 1.09 bits per heavy atom. The molecular weight excluding hydrogens is 284 g/mol. The molecule has 2 fully saturated rings. The van der Waals surface area contributed by atoms with Crippen LogP contribution in [0.2, 0.25) is 0 Å². The van der Waals surface area contributed by atoms with E-state index in [1.165, 1.54) is 37.8 Å². The summed E-state index contributed by atoms with van der Waals surface area (Å²) in [7, 11) is 0. The number of halogens is 2. The van der Waals surface area contributed by atoms with E-state index in [0.29, 0.717) is 18.4 Å². The van der Waals surface area contributed by atoms with Crippen molar-refractivity contribution in [1.82, 2.24) is 5.32 Å². The fourth-order valence-corrected chi connectivity index (χ4v) is 4.14. The maximum absolute atomic E-state index is 13.2. The number of hydrogen-bond acceptors (Lipinski definition) is 2. The lowest BCUT2D eigenvalue weighted by Gasteiger charge is -2.41. The Balaban J connectivity index is 1.52. The summed E-state index contributed by atoms with van der Waals surface area (Å²) in [6.45, 7) is 1.00. The molecule has 4 heteroatoms. The first-order valence-electron chi connectivity index (χ1n) is 8.48. The average molecular weight is 309 g/mol. The number of benzene rings is 1. The van der Waals surface area contributed by atoms with E-state index in [4.69, 9.17) is 0 Å². The topological polar surface area (TPSA) is 32.3 Å². The van der Waals surface area contributed by atoms with Crippen LogP contribution in [0, 0.1) is 23.5 Å². The Kier molecular flexibility index (Phi) is 5.09. The van der Waals surface area contributed by atoms with Crippen molar-refractivity contribution in [3.05, 3.63) is 35.4 Å². The summed E-state index contributed by atoms with van der Waals surface area (Å²) < 4.78 is 26.4. The molecular formula is C18H25F2NO. The van der Waals surface area contributed by atoms with Crippen LogP contribution in [-0.2, 0) is 6.42 Å². The van der Waals surface area contributed by atoms with Crippen LogP contribution < -0.4 is 5.32 Å². The average Bonchev–Trinajstić information content (AvgIpc) is 2.51. The van der Waals surface area contributed by atoms with Crippen LogP contribution >= 0.6 is 0 Å². The van der Waals surface area contributed by atoms with Crippen molar-refractivity contribution in [2.75, 3.05) is 6.54 Å². The quantitative estimate of drug-likeness (QED) is 0.893. The predicted molar refractivity (Wildman–Crippen MR) is 82.5 cm³/mol. The summed E-state index contributed by atoms with van der Waals surface area (Å²) in [5.74, 6) is 0.409. The molecule has 1 saturated carbocycles. The van der Waals surface area contributed by atoms with E-state index in [0.717, 1.165) is 30.9 Å². The maximum atomic E-state index is 13.2. The maximum Gasteiger partial charge on any atom is 0.126 e. The molecule has 22 heavy (non-hydrogen) atoms.